The number of carbonyl (C=O) groups excluding carboxylic acids is 1. The van der Waals surface area contributed by atoms with Gasteiger partial charge in [0.05, 0.1) is 18.2 Å². The number of nitrogens with zero attached hydrogens (tertiary/aromatic N) is 2. The molecular formula is C13H15N3O2. The van der Waals surface area contributed by atoms with Crippen molar-refractivity contribution in [1.29, 1.82) is 0 Å². The van der Waals surface area contributed by atoms with Gasteiger partial charge in [0.25, 0.3) is 0 Å². The summed E-state index contributed by atoms with van der Waals surface area (Å²) >= 11 is 0. The van der Waals surface area contributed by atoms with Gasteiger partial charge in [-0.1, -0.05) is 6.07 Å². The maximum Gasteiger partial charge on any atom is 0.226 e. The van der Waals surface area contributed by atoms with Crippen LogP contribution in [0.15, 0.2) is 30.6 Å². The number of amides is 1. The molecule has 2 heterocycles. The van der Waals surface area contributed by atoms with Crippen molar-refractivity contribution in [3.63, 3.8) is 0 Å². The molecule has 5 nitrogen and oxygen atoms in total. The highest BCUT2D eigenvalue weighted by atomic mass is 16.3. The SMILES string of the molecule is O=C(Cc1cn2ccccc2n1)NC1CC(O)C1. The van der Waals surface area contributed by atoms with E-state index in [2.05, 4.69) is 10.3 Å². The van der Waals surface area contributed by atoms with E-state index in [1.807, 2.05) is 35.0 Å². The van der Waals surface area contributed by atoms with Crippen LogP contribution in [0.2, 0.25) is 0 Å². The number of pyridine rings is 1. The van der Waals surface area contributed by atoms with Crippen LogP contribution in [0, 0.1) is 0 Å². The van der Waals surface area contributed by atoms with E-state index in [1.54, 1.807) is 0 Å². The van der Waals surface area contributed by atoms with E-state index >= 15 is 0 Å². The quantitative estimate of drug-likeness (QED) is 0.828. The second-order valence-electron chi connectivity index (χ2n) is 4.76. The molecule has 18 heavy (non-hydrogen) atoms. The van der Waals surface area contributed by atoms with Gasteiger partial charge in [-0.3, -0.25) is 4.79 Å². The second-order valence-corrected chi connectivity index (χ2v) is 4.76. The summed E-state index contributed by atoms with van der Waals surface area (Å²) in [5, 5.41) is 12.0. The van der Waals surface area contributed by atoms with Crippen molar-refractivity contribution in [2.24, 2.45) is 0 Å². The van der Waals surface area contributed by atoms with Crippen molar-refractivity contribution in [2.45, 2.75) is 31.4 Å². The monoisotopic (exact) mass is 245 g/mol. The molecule has 1 fully saturated rings. The van der Waals surface area contributed by atoms with Crippen LogP contribution >= 0.6 is 0 Å². The minimum Gasteiger partial charge on any atom is -0.393 e. The number of rotatable bonds is 3. The molecule has 2 aromatic heterocycles. The molecule has 3 rings (SSSR count). The average molecular weight is 245 g/mol. The minimum atomic E-state index is -0.245. The zero-order valence-corrected chi connectivity index (χ0v) is 9.91. The molecule has 94 valence electrons. The molecule has 1 saturated carbocycles. The molecule has 0 aliphatic heterocycles. The molecule has 1 aliphatic carbocycles. The lowest BCUT2D eigenvalue weighted by molar-refractivity contribution is -0.122. The van der Waals surface area contributed by atoms with Gasteiger partial charge < -0.3 is 14.8 Å². The van der Waals surface area contributed by atoms with Gasteiger partial charge in [-0.25, -0.2) is 4.98 Å². The van der Waals surface area contributed by atoms with E-state index in [1.165, 1.54) is 0 Å². The molecule has 0 spiro atoms. The molecular weight excluding hydrogens is 230 g/mol. The summed E-state index contributed by atoms with van der Waals surface area (Å²) < 4.78 is 1.90. The van der Waals surface area contributed by atoms with Gasteiger partial charge >= 0.3 is 0 Å². The predicted molar refractivity (Wildman–Crippen MR) is 66.1 cm³/mol. The van der Waals surface area contributed by atoms with Crippen molar-refractivity contribution in [1.82, 2.24) is 14.7 Å². The molecule has 5 heteroatoms. The summed E-state index contributed by atoms with van der Waals surface area (Å²) in [5.74, 6) is -0.0321. The molecule has 1 amide bonds. The number of hydrogen-bond donors (Lipinski definition) is 2. The maximum absolute atomic E-state index is 11.8. The molecule has 2 aromatic rings. The summed E-state index contributed by atoms with van der Waals surface area (Å²) in [7, 11) is 0. The van der Waals surface area contributed by atoms with Crippen molar-refractivity contribution < 1.29 is 9.90 Å². The van der Waals surface area contributed by atoms with E-state index < -0.39 is 0 Å². The summed E-state index contributed by atoms with van der Waals surface area (Å²) in [6, 6.07) is 5.88. The van der Waals surface area contributed by atoms with Crippen LogP contribution in [-0.4, -0.2) is 32.5 Å². The maximum atomic E-state index is 11.8. The first-order chi connectivity index (χ1) is 8.70. The smallest absolute Gasteiger partial charge is 0.226 e. The van der Waals surface area contributed by atoms with E-state index in [0.29, 0.717) is 12.8 Å². The first kappa shape index (κ1) is 11.2. The lowest BCUT2D eigenvalue weighted by atomic mass is 9.89. The molecule has 0 atom stereocenters. The van der Waals surface area contributed by atoms with Crippen LogP contribution < -0.4 is 5.32 Å². The van der Waals surface area contributed by atoms with Crippen molar-refractivity contribution in [3.8, 4) is 0 Å². The molecule has 0 bridgehead atoms. The number of carbonyl (C=O) groups is 1. The van der Waals surface area contributed by atoms with Gasteiger partial charge in [0, 0.05) is 18.4 Å². The number of nitrogens with one attached hydrogen (secondary N) is 1. The number of aliphatic hydroxyl groups excluding tert-OH is 1. The minimum absolute atomic E-state index is 0.0321. The Bertz CT molecular complexity index is 539. The van der Waals surface area contributed by atoms with Gasteiger partial charge in [-0.15, -0.1) is 0 Å². The van der Waals surface area contributed by atoms with Gasteiger partial charge in [-0.2, -0.15) is 0 Å². The summed E-state index contributed by atoms with van der Waals surface area (Å²) in [4.78, 5) is 16.1. The average Bonchev–Trinajstić information content (AvgIpc) is 2.68. The number of aromatic nitrogens is 2. The normalized spacial score (nSPS) is 22.7. The van der Waals surface area contributed by atoms with Crippen molar-refractivity contribution in [3.05, 3.63) is 36.3 Å². The molecule has 0 radical (unpaired) electrons. The standard InChI is InChI=1S/C13H15N3O2/c17-11-5-9(6-11)15-13(18)7-10-8-16-4-2-1-3-12(16)14-10/h1-4,8-9,11,17H,5-7H2,(H,15,18). The van der Waals surface area contributed by atoms with Gasteiger partial charge in [0.15, 0.2) is 0 Å². The highest BCUT2D eigenvalue weighted by molar-refractivity contribution is 5.78. The van der Waals surface area contributed by atoms with Crippen LogP contribution in [0.4, 0.5) is 0 Å². The van der Waals surface area contributed by atoms with Crippen LogP contribution in [0.3, 0.4) is 0 Å². The van der Waals surface area contributed by atoms with Crippen LogP contribution in [-0.2, 0) is 11.2 Å². The van der Waals surface area contributed by atoms with Crippen molar-refractivity contribution in [2.75, 3.05) is 0 Å². The zero-order chi connectivity index (χ0) is 12.5. The fourth-order valence-electron chi connectivity index (χ4n) is 2.22. The number of hydrogen-bond acceptors (Lipinski definition) is 3. The number of fused-ring (bicyclic) bond motifs is 1. The fraction of sp³-hybridized carbons (Fsp3) is 0.385. The summed E-state index contributed by atoms with van der Waals surface area (Å²) in [6.45, 7) is 0. The van der Waals surface area contributed by atoms with Gasteiger partial charge in [0.1, 0.15) is 5.65 Å². The number of imidazole rings is 1. The lowest BCUT2D eigenvalue weighted by Crippen LogP contribution is -2.47. The second kappa shape index (κ2) is 4.42. The third kappa shape index (κ3) is 2.22. The summed E-state index contributed by atoms with van der Waals surface area (Å²) in [5.41, 5.74) is 1.61. The third-order valence-corrected chi connectivity index (χ3v) is 3.23. The highest BCUT2D eigenvalue weighted by Crippen LogP contribution is 2.19. The third-order valence-electron chi connectivity index (χ3n) is 3.23. The Labute approximate surface area is 104 Å². The Hall–Kier alpha value is -1.88. The van der Waals surface area contributed by atoms with E-state index in [9.17, 15) is 4.79 Å². The molecule has 0 saturated heterocycles. The van der Waals surface area contributed by atoms with Gasteiger partial charge in [-0.05, 0) is 25.0 Å². The molecule has 0 unspecified atom stereocenters. The highest BCUT2D eigenvalue weighted by Gasteiger charge is 2.28. The zero-order valence-electron chi connectivity index (χ0n) is 9.91. The Kier molecular flexibility index (Phi) is 2.76. The largest absolute Gasteiger partial charge is 0.393 e. The Balaban J connectivity index is 1.63. The van der Waals surface area contributed by atoms with E-state index in [0.717, 1.165) is 11.3 Å². The molecule has 1 aliphatic rings. The van der Waals surface area contributed by atoms with Crippen molar-refractivity contribution >= 4 is 11.6 Å². The fourth-order valence-corrected chi connectivity index (χ4v) is 2.22. The Morgan fingerprint density at radius 1 is 1.50 bits per heavy atom. The lowest BCUT2D eigenvalue weighted by Gasteiger charge is -2.31. The van der Waals surface area contributed by atoms with Crippen LogP contribution in [0.1, 0.15) is 18.5 Å². The topological polar surface area (TPSA) is 66.6 Å². The summed E-state index contributed by atoms with van der Waals surface area (Å²) in [6.07, 6.45) is 5.14. The molecule has 0 aromatic carbocycles. The van der Waals surface area contributed by atoms with Crippen LogP contribution in [0.5, 0.6) is 0 Å². The molecule has 2 N–H and O–H groups in total. The van der Waals surface area contributed by atoms with E-state index in [-0.39, 0.29) is 24.5 Å². The number of aliphatic hydroxyl groups is 1. The first-order valence-electron chi connectivity index (χ1n) is 6.11. The van der Waals surface area contributed by atoms with E-state index in [4.69, 9.17) is 5.11 Å². The van der Waals surface area contributed by atoms with Gasteiger partial charge in [0.2, 0.25) is 5.91 Å². The van der Waals surface area contributed by atoms with Crippen LogP contribution in [0.25, 0.3) is 5.65 Å². The first-order valence-corrected chi connectivity index (χ1v) is 6.11. The Morgan fingerprint density at radius 2 is 2.33 bits per heavy atom. The Morgan fingerprint density at radius 3 is 3.06 bits per heavy atom. The predicted octanol–water partition coefficient (Wildman–Crippen LogP) is 0.516.